The Labute approximate surface area is 120 Å². The third-order valence-electron chi connectivity index (χ3n) is 2.62. The van der Waals surface area contributed by atoms with E-state index in [1.165, 1.54) is 23.5 Å². The number of carboxylic acid groups (broad SMARTS) is 1. The van der Waals surface area contributed by atoms with Gasteiger partial charge in [0.2, 0.25) is 0 Å². The zero-order valence-corrected chi connectivity index (χ0v) is 11.4. The van der Waals surface area contributed by atoms with Crippen molar-refractivity contribution in [1.29, 1.82) is 0 Å². The van der Waals surface area contributed by atoms with Crippen molar-refractivity contribution < 1.29 is 14.8 Å². The maximum absolute atomic E-state index is 10.9. The lowest BCUT2D eigenvalue weighted by Gasteiger charge is -1.91. The van der Waals surface area contributed by atoms with Gasteiger partial charge in [0.1, 0.15) is 5.01 Å². The fourth-order valence-electron chi connectivity index (χ4n) is 1.70. The number of aromatic nitrogens is 1. The first-order chi connectivity index (χ1) is 9.54. The molecule has 8 heteroatoms. The zero-order valence-electron chi connectivity index (χ0n) is 9.77. The molecule has 0 saturated heterocycles. The highest BCUT2D eigenvalue weighted by atomic mass is 32.1. The summed E-state index contributed by atoms with van der Waals surface area (Å²) in [5, 5.41) is 20.3. The summed E-state index contributed by atoms with van der Waals surface area (Å²) in [6.45, 7) is 0. The Morgan fingerprint density at radius 2 is 2.05 bits per heavy atom. The third kappa shape index (κ3) is 2.15. The monoisotopic (exact) mass is 306 g/mol. The molecule has 2 aromatic heterocycles. The van der Waals surface area contributed by atoms with Gasteiger partial charge in [-0.2, -0.15) is 0 Å². The number of benzene rings is 1. The molecule has 2 heterocycles. The Morgan fingerprint density at radius 3 is 2.70 bits per heavy atom. The van der Waals surface area contributed by atoms with E-state index in [1.54, 1.807) is 18.2 Å². The van der Waals surface area contributed by atoms with Crippen LogP contribution in [-0.2, 0) is 0 Å². The van der Waals surface area contributed by atoms with Crippen LogP contribution in [0.3, 0.4) is 0 Å². The van der Waals surface area contributed by atoms with Crippen molar-refractivity contribution in [3.8, 4) is 9.88 Å². The van der Waals surface area contributed by atoms with E-state index in [9.17, 15) is 14.9 Å². The molecule has 0 radical (unpaired) electrons. The van der Waals surface area contributed by atoms with Gasteiger partial charge >= 0.3 is 11.0 Å². The Balaban J connectivity index is 2.07. The van der Waals surface area contributed by atoms with Gasteiger partial charge < -0.3 is 5.11 Å². The van der Waals surface area contributed by atoms with Crippen LogP contribution in [0, 0.1) is 10.1 Å². The van der Waals surface area contributed by atoms with Crippen molar-refractivity contribution >= 4 is 43.9 Å². The summed E-state index contributed by atoms with van der Waals surface area (Å²) in [6.07, 6.45) is 0. The smallest absolute Gasteiger partial charge is 0.335 e. The van der Waals surface area contributed by atoms with Crippen LogP contribution in [0.25, 0.3) is 20.1 Å². The van der Waals surface area contributed by atoms with Crippen molar-refractivity contribution in [2.75, 3.05) is 0 Å². The molecule has 0 amide bonds. The largest absolute Gasteiger partial charge is 0.478 e. The number of fused-ring (bicyclic) bond motifs is 1. The normalized spacial score (nSPS) is 10.8. The van der Waals surface area contributed by atoms with Crippen molar-refractivity contribution in [3.05, 3.63) is 46.0 Å². The van der Waals surface area contributed by atoms with E-state index in [-0.39, 0.29) is 10.6 Å². The number of nitrogens with zero attached hydrogens (tertiary/aromatic N) is 2. The van der Waals surface area contributed by atoms with Gasteiger partial charge in [-0.1, -0.05) is 11.3 Å². The molecule has 3 aromatic rings. The molecule has 0 atom stereocenters. The number of thiazole rings is 1. The van der Waals surface area contributed by atoms with Gasteiger partial charge in [0.15, 0.2) is 0 Å². The molecule has 100 valence electrons. The van der Waals surface area contributed by atoms with E-state index in [0.717, 1.165) is 16.0 Å². The molecular weight excluding hydrogens is 300 g/mol. The van der Waals surface area contributed by atoms with Crippen LogP contribution in [0.1, 0.15) is 10.4 Å². The summed E-state index contributed by atoms with van der Waals surface area (Å²) in [7, 11) is 0. The molecule has 6 nitrogen and oxygen atoms in total. The molecule has 0 spiro atoms. The van der Waals surface area contributed by atoms with Gasteiger partial charge in [0, 0.05) is 6.07 Å². The molecule has 1 aromatic carbocycles. The van der Waals surface area contributed by atoms with Gasteiger partial charge in [0.05, 0.1) is 25.6 Å². The Kier molecular flexibility index (Phi) is 2.96. The minimum Gasteiger partial charge on any atom is -0.478 e. The van der Waals surface area contributed by atoms with Crippen LogP contribution in [-0.4, -0.2) is 21.0 Å². The van der Waals surface area contributed by atoms with Crippen LogP contribution >= 0.6 is 22.7 Å². The van der Waals surface area contributed by atoms with Crippen LogP contribution in [0.2, 0.25) is 0 Å². The molecule has 0 aliphatic rings. The van der Waals surface area contributed by atoms with Gasteiger partial charge in [-0.25, -0.2) is 9.78 Å². The summed E-state index contributed by atoms with van der Waals surface area (Å²) in [5.74, 6) is -0.992. The third-order valence-corrected chi connectivity index (χ3v) is 4.84. The Morgan fingerprint density at radius 1 is 1.25 bits per heavy atom. The summed E-state index contributed by atoms with van der Waals surface area (Å²) in [5.41, 5.74) is 0.885. The van der Waals surface area contributed by atoms with Crippen molar-refractivity contribution in [2.24, 2.45) is 0 Å². The lowest BCUT2D eigenvalue weighted by Crippen LogP contribution is -1.94. The maximum Gasteiger partial charge on any atom is 0.335 e. The average Bonchev–Trinajstić information content (AvgIpc) is 3.04. The Hall–Kier alpha value is -2.32. The second-order valence-electron chi connectivity index (χ2n) is 3.90. The average molecular weight is 306 g/mol. The highest BCUT2D eigenvalue weighted by Crippen LogP contribution is 2.37. The quantitative estimate of drug-likeness (QED) is 0.589. The molecule has 1 N–H and O–H groups in total. The minimum atomic E-state index is -0.992. The molecule has 0 aliphatic heterocycles. The number of nitro groups is 1. The number of carbonyl (C=O) groups is 1. The number of hydrogen-bond donors (Lipinski definition) is 1. The van der Waals surface area contributed by atoms with Crippen LogP contribution in [0.4, 0.5) is 5.00 Å². The van der Waals surface area contributed by atoms with Gasteiger partial charge in [-0.15, -0.1) is 11.3 Å². The molecule has 20 heavy (non-hydrogen) atoms. The van der Waals surface area contributed by atoms with E-state index < -0.39 is 10.9 Å². The first-order valence-corrected chi connectivity index (χ1v) is 7.06. The molecule has 3 rings (SSSR count). The molecule has 0 fully saturated rings. The number of rotatable bonds is 3. The molecule has 0 saturated carbocycles. The highest BCUT2D eigenvalue weighted by molar-refractivity contribution is 7.26. The fourth-order valence-corrected chi connectivity index (χ4v) is 3.58. The summed E-state index contributed by atoms with van der Waals surface area (Å²) in [4.78, 5) is 26.2. The second-order valence-corrected chi connectivity index (χ2v) is 5.99. The van der Waals surface area contributed by atoms with Crippen LogP contribution in [0.5, 0.6) is 0 Å². The van der Waals surface area contributed by atoms with Gasteiger partial charge in [-0.05, 0) is 24.3 Å². The molecular formula is C12H6N2O4S2. The van der Waals surface area contributed by atoms with Crippen molar-refractivity contribution in [1.82, 2.24) is 4.98 Å². The van der Waals surface area contributed by atoms with Crippen LogP contribution < -0.4 is 0 Å². The number of thiophene rings is 1. The number of aromatic carboxylic acids is 1. The standard InChI is InChI=1S/C12H6N2O4S2/c15-12(16)6-1-2-7-9(5-6)20-11(13-7)8-3-4-10(19-8)14(17)18/h1-5H,(H,15,16). The number of hydrogen-bond acceptors (Lipinski definition) is 6. The maximum atomic E-state index is 10.9. The van der Waals surface area contributed by atoms with Gasteiger partial charge in [-0.3, -0.25) is 10.1 Å². The van der Waals surface area contributed by atoms with E-state index in [1.807, 2.05) is 0 Å². The highest BCUT2D eigenvalue weighted by Gasteiger charge is 2.15. The van der Waals surface area contributed by atoms with E-state index in [4.69, 9.17) is 5.11 Å². The fraction of sp³-hybridized carbons (Fsp3) is 0. The SMILES string of the molecule is O=C(O)c1ccc2nc(-c3ccc([N+](=O)[O-])s3)sc2c1. The summed E-state index contributed by atoms with van der Waals surface area (Å²) >= 11 is 2.37. The van der Waals surface area contributed by atoms with E-state index in [0.29, 0.717) is 15.4 Å². The Bertz CT molecular complexity index is 837. The first kappa shape index (κ1) is 12.7. The second kappa shape index (κ2) is 4.66. The van der Waals surface area contributed by atoms with Crippen molar-refractivity contribution in [3.63, 3.8) is 0 Å². The summed E-state index contributed by atoms with van der Waals surface area (Å²) < 4.78 is 0.746. The predicted octanol–water partition coefficient (Wildman–Crippen LogP) is 3.63. The predicted molar refractivity (Wildman–Crippen MR) is 76.5 cm³/mol. The van der Waals surface area contributed by atoms with Crippen molar-refractivity contribution in [2.45, 2.75) is 0 Å². The molecule has 0 unspecified atom stereocenters. The van der Waals surface area contributed by atoms with E-state index in [2.05, 4.69) is 4.98 Å². The lowest BCUT2D eigenvalue weighted by atomic mass is 10.2. The topological polar surface area (TPSA) is 93.3 Å². The van der Waals surface area contributed by atoms with Gasteiger partial charge in [0.25, 0.3) is 0 Å². The molecule has 0 aliphatic carbocycles. The summed E-state index contributed by atoms with van der Waals surface area (Å²) in [6, 6.07) is 7.78. The first-order valence-electron chi connectivity index (χ1n) is 5.43. The van der Waals surface area contributed by atoms with Crippen LogP contribution in [0.15, 0.2) is 30.3 Å². The molecule has 0 bridgehead atoms. The number of carboxylic acids is 1. The van der Waals surface area contributed by atoms with E-state index >= 15 is 0 Å². The lowest BCUT2D eigenvalue weighted by molar-refractivity contribution is -0.380. The zero-order chi connectivity index (χ0) is 14.3. The minimum absolute atomic E-state index is 0.0606.